The lowest BCUT2D eigenvalue weighted by atomic mass is 9.97. The molecule has 4 nitrogen and oxygen atoms in total. The van der Waals surface area contributed by atoms with E-state index < -0.39 is 0 Å². The highest BCUT2D eigenvalue weighted by Crippen LogP contribution is 2.33. The van der Waals surface area contributed by atoms with Crippen molar-refractivity contribution in [2.24, 2.45) is 0 Å². The Morgan fingerprint density at radius 1 is 1.16 bits per heavy atom. The van der Waals surface area contributed by atoms with Gasteiger partial charge in [0.1, 0.15) is 23.0 Å². The molecule has 0 atom stereocenters. The lowest BCUT2D eigenvalue weighted by molar-refractivity contribution is 0.294. The second kappa shape index (κ2) is 6.64. The van der Waals surface area contributed by atoms with Crippen LogP contribution in [0.4, 0.5) is 0 Å². The van der Waals surface area contributed by atoms with Crippen LogP contribution in [0, 0.1) is 13.8 Å². The van der Waals surface area contributed by atoms with Crippen LogP contribution in [0.5, 0.6) is 5.75 Å². The molecule has 2 aromatic heterocycles. The van der Waals surface area contributed by atoms with Gasteiger partial charge in [0.2, 0.25) is 0 Å². The first-order valence-electron chi connectivity index (χ1n) is 8.84. The third kappa shape index (κ3) is 3.09. The predicted octanol–water partition coefficient (Wildman–Crippen LogP) is 4.03. The number of hydrogen-bond donors (Lipinski definition) is 0. The Morgan fingerprint density at radius 3 is 2.72 bits per heavy atom. The molecule has 0 saturated carbocycles. The summed E-state index contributed by atoms with van der Waals surface area (Å²) in [7, 11) is 0. The van der Waals surface area contributed by atoms with E-state index >= 15 is 0 Å². The number of aromatic nitrogens is 2. The summed E-state index contributed by atoms with van der Waals surface area (Å²) in [5, 5.41) is 0.848. The standard InChI is InChI=1S/C20H22N2O2S/c1-13-7-9-15(10-8-13)24-12-11-22-14(2)21-19-18(20(22)23)16-5-3-4-6-17(16)25-19/h7-10H,3-6,11-12H2,1-2H3. The highest BCUT2D eigenvalue weighted by atomic mass is 32.1. The molecule has 0 radical (unpaired) electrons. The lowest BCUT2D eigenvalue weighted by Crippen LogP contribution is -2.26. The van der Waals surface area contributed by atoms with E-state index in [0.29, 0.717) is 13.2 Å². The van der Waals surface area contributed by atoms with Crippen LogP contribution in [-0.4, -0.2) is 16.2 Å². The van der Waals surface area contributed by atoms with Gasteiger partial charge in [0, 0.05) is 4.88 Å². The summed E-state index contributed by atoms with van der Waals surface area (Å²) in [6.45, 7) is 4.94. The number of nitrogens with zero attached hydrogens (tertiary/aromatic N) is 2. The molecule has 1 aromatic carbocycles. The first-order chi connectivity index (χ1) is 12.1. The van der Waals surface area contributed by atoms with Crippen molar-refractivity contribution < 1.29 is 4.74 Å². The quantitative estimate of drug-likeness (QED) is 0.710. The Balaban J connectivity index is 1.60. The summed E-state index contributed by atoms with van der Waals surface area (Å²) in [4.78, 5) is 20.0. The summed E-state index contributed by atoms with van der Waals surface area (Å²) >= 11 is 1.70. The second-order valence-corrected chi connectivity index (χ2v) is 7.75. The summed E-state index contributed by atoms with van der Waals surface area (Å²) in [5.74, 6) is 1.60. The number of rotatable bonds is 4. The minimum absolute atomic E-state index is 0.0920. The van der Waals surface area contributed by atoms with Crippen molar-refractivity contribution in [2.45, 2.75) is 46.1 Å². The third-order valence-electron chi connectivity index (χ3n) is 4.87. The smallest absolute Gasteiger partial charge is 0.262 e. The third-order valence-corrected chi connectivity index (χ3v) is 6.06. The molecule has 3 aromatic rings. The zero-order valence-electron chi connectivity index (χ0n) is 14.7. The van der Waals surface area contributed by atoms with Crippen molar-refractivity contribution in [3.63, 3.8) is 0 Å². The van der Waals surface area contributed by atoms with E-state index in [1.165, 1.54) is 28.8 Å². The Hall–Kier alpha value is -2.14. The SMILES string of the molecule is Cc1ccc(OCCn2c(C)nc3sc4c(c3c2=O)CCCC4)cc1. The highest BCUT2D eigenvalue weighted by Gasteiger charge is 2.21. The van der Waals surface area contributed by atoms with Crippen molar-refractivity contribution in [2.75, 3.05) is 6.61 Å². The van der Waals surface area contributed by atoms with Crippen LogP contribution in [0.1, 0.15) is 34.7 Å². The monoisotopic (exact) mass is 354 g/mol. The fourth-order valence-corrected chi connectivity index (χ4v) is 4.79. The molecule has 0 aliphatic heterocycles. The van der Waals surface area contributed by atoms with Crippen LogP contribution in [-0.2, 0) is 19.4 Å². The van der Waals surface area contributed by atoms with Gasteiger partial charge in [0.15, 0.2) is 0 Å². The van der Waals surface area contributed by atoms with Gasteiger partial charge in [-0.25, -0.2) is 4.98 Å². The van der Waals surface area contributed by atoms with Crippen molar-refractivity contribution in [1.82, 2.24) is 9.55 Å². The predicted molar refractivity (Wildman–Crippen MR) is 102 cm³/mol. The maximum atomic E-state index is 13.0. The van der Waals surface area contributed by atoms with Gasteiger partial charge < -0.3 is 4.74 Å². The van der Waals surface area contributed by atoms with Crippen molar-refractivity contribution in [3.05, 3.63) is 56.4 Å². The van der Waals surface area contributed by atoms with E-state index in [1.807, 2.05) is 31.2 Å². The summed E-state index contributed by atoms with van der Waals surface area (Å²) < 4.78 is 7.56. The van der Waals surface area contributed by atoms with Gasteiger partial charge in [-0.05, 0) is 57.2 Å². The number of thiophene rings is 1. The van der Waals surface area contributed by atoms with E-state index in [1.54, 1.807) is 15.9 Å². The van der Waals surface area contributed by atoms with Crippen molar-refractivity contribution in [1.29, 1.82) is 0 Å². The number of fused-ring (bicyclic) bond motifs is 3. The number of aryl methyl sites for hydroxylation is 4. The van der Waals surface area contributed by atoms with Crippen LogP contribution >= 0.6 is 11.3 Å². The van der Waals surface area contributed by atoms with Gasteiger partial charge in [0.05, 0.1) is 11.9 Å². The maximum absolute atomic E-state index is 13.0. The van der Waals surface area contributed by atoms with Crippen LogP contribution in [0.15, 0.2) is 29.1 Å². The van der Waals surface area contributed by atoms with E-state index in [4.69, 9.17) is 9.72 Å². The molecular weight excluding hydrogens is 332 g/mol. The van der Waals surface area contributed by atoms with E-state index in [0.717, 1.165) is 34.6 Å². The lowest BCUT2D eigenvalue weighted by Gasteiger charge is -2.12. The Bertz CT molecular complexity index is 970. The molecule has 0 amide bonds. The number of benzene rings is 1. The summed E-state index contributed by atoms with van der Waals surface area (Å²) in [6, 6.07) is 7.97. The van der Waals surface area contributed by atoms with E-state index in [-0.39, 0.29) is 5.56 Å². The largest absolute Gasteiger partial charge is 0.492 e. The Labute approximate surface area is 151 Å². The number of hydrogen-bond acceptors (Lipinski definition) is 4. The summed E-state index contributed by atoms with van der Waals surface area (Å²) in [5.41, 5.74) is 2.54. The molecule has 4 rings (SSSR count). The zero-order valence-corrected chi connectivity index (χ0v) is 15.5. The van der Waals surface area contributed by atoms with Crippen LogP contribution in [0.3, 0.4) is 0 Å². The maximum Gasteiger partial charge on any atom is 0.262 e. The second-order valence-electron chi connectivity index (χ2n) is 6.67. The first kappa shape index (κ1) is 16.3. The molecule has 25 heavy (non-hydrogen) atoms. The molecule has 0 bridgehead atoms. The van der Waals surface area contributed by atoms with Gasteiger partial charge in [-0.3, -0.25) is 9.36 Å². The van der Waals surface area contributed by atoms with Gasteiger partial charge in [0.25, 0.3) is 5.56 Å². The Kier molecular flexibility index (Phi) is 4.34. The fourth-order valence-electron chi connectivity index (χ4n) is 3.49. The van der Waals surface area contributed by atoms with Crippen molar-refractivity contribution in [3.8, 4) is 5.75 Å². The molecule has 0 spiro atoms. The molecule has 0 fully saturated rings. The van der Waals surface area contributed by atoms with Gasteiger partial charge in [-0.1, -0.05) is 17.7 Å². The topological polar surface area (TPSA) is 44.1 Å². The van der Waals surface area contributed by atoms with Crippen LogP contribution < -0.4 is 10.3 Å². The van der Waals surface area contributed by atoms with Gasteiger partial charge >= 0.3 is 0 Å². The highest BCUT2D eigenvalue weighted by molar-refractivity contribution is 7.18. The molecule has 130 valence electrons. The molecule has 1 aliphatic rings. The van der Waals surface area contributed by atoms with E-state index in [2.05, 4.69) is 6.92 Å². The molecule has 1 aliphatic carbocycles. The minimum atomic E-state index is 0.0920. The number of ether oxygens (including phenoxy) is 1. The van der Waals surface area contributed by atoms with Crippen molar-refractivity contribution >= 4 is 21.6 Å². The van der Waals surface area contributed by atoms with Crippen LogP contribution in [0.2, 0.25) is 0 Å². The zero-order chi connectivity index (χ0) is 17.4. The minimum Gasteiger partial charge on any atom is -0.492 e. The molecule has 2 heterocycles. The average molecular weight is 354 g/mol. The van der Waals surface area contributed by atoms with E-state index in [9.17, 15) is 4.79 Å². The fraction of sp³-hybridized carbons (Fsp3) is 0.400. The molecule has 5 heteroatoms. The molecule has 0 unspecified atom stereocenters. The van der Waals surface area contributed by atoms with Gasteiger partial charge in [-0.2, -0.15) is 0 Å². The molecular formula is C20H22N2O2S. The van der Waals surface area contributed by atoms with Crippen LogP contribution in [0.25, 0.3) is 10.2 Å². The molecule has 0 N–H and O–H groups in total. The average Bonchev–Trinajstić information content (AvgIpc) is 2.97. The first-order valence-corrected chi connectivity index (χ1v) is 9.66. The molecule has 0 saturated heterocycles. The van der Waals surface area contributed by atoms with Gasteiger partial charge in [-0.15, -0.1) is 11.3 Å². The Morgan fingerprint density at radius 2 is 1.92 bits per heavy atom. The summed E-state index contributed by atoms with van der Waals surface area (Å²) in [6.07, 6.45) is 4.49. The normalized spacial score (nSPS) is 13.8.